The molecule has 0 unspecified atom stereocenters. The third-order valence-corrected chi connectivity index (χ3v) is 7.68. The summed E-state index contributed by atoms with van der Waals surface area (Å²) in [6.07, 6.45) is 7.73. The molecule has 0 spiro atoms. The Kier molecular flexibility index (Phi) is 7.34. The van der Waals surface area contributed by atoms with E-state index in [9.17, 15) is 8.42 Å². The minimum atomic E-state index is -3.80. The standard InChI is InChI=1S/C22H27IO3S/c1-17-11-14-19(15-12-17)27(24,25)26-22(20-9-5-6-10-21(20)23)16-13-18-7-3-2-4-8-18/h5-6,9-12,14-15,18,22H,2-4,7-8,13,16H2,1H3/t22-/m1/s1. The van der Waals surface area contributed by atoms with E-state index in [-0.39, 0.29) is 4.90 Å². The van der Waals surface area contributed by atoms with Gasteiger partial charge in [0, 0.05) is 3.57 Å². The van der Waals surface area contributed by atoms with Crippen molar-refractivity contribution in [2.24, 2.45) is 5.92 Å². The van der Waals surface area contributed by atoms with Gasteiger partial charge < -0.3 is 0 Å². The molecule has 1 saturated carbocycles. The molecule has 0 bridgehead atoms. The van der Waals surface area contributed by atoms with Crippen molar-refractivity contribution in [3.05, 3.63) is 63.2 Å². The lowest BCUT2D eigenvalue weighted by Gasteiger charge is -2.25. The molecule has 3 rings (SSSR count). The van der Waals surface area contributed by atoms with Gasteiger partial charge in [-0.2, -0.15) is 8.42 Å². The third kappa shape index (κ3) is 5.78. The van der Waals surface area contributed by atoms with Crippen LogP contribution in [0.25, 0.3) is 0 Å². The van der Waals surface area contributed by atoms with E-state index >= 15 is 0 Å². The zero-order valence-corrected chi connectivity index (χ0v) is 18.7. The summed E-state index contributed by atoms with van der Waals surface area (Å²) in [6.45, 7) is 1.94. The fraction of sp³-hybridized carbons (Fsp3) is 0.455. The molecule has 1 aliphatic rings. The molecule has 5 heteroatoms. The third-order valence-electron chi connectivity index (χ3n) is 5.37. The molecule has 0 aromatic heterocycles. The second-order valence-corrected chi connectivity index (χ2v) is 10.2. The molecule has 1 aliphatic carbocycles. The van der Waals surface area contributed by atoms with Gasteiger partial charge in [-0.3, -0.25) is 4.18 Å². The van der Waals surface area contributed by atoms with E-state index < -0.39 is 16.2 Å². The predicted molar refractivity (Wildman–Crippen MR) is 117 cm³/mol. The molecule has 27 heavy (non-hydrogen) atoms. The van der Waals surface area contributed by atoms with E-state index in [4.69, 9.17) is 4.18 Å². The van der Waals surface area contributed by atoms with Crippen LogP contribution in [-0.2, 0) is 14.3 Å². The summed E-state index contributed by atoms with van der Waals surface area (Å²) < 4.78 is 32.6. The van der Waals surface area contributed by atoms with Crippen molar-refractivity contribution in [2.75, 3.05) is 0 Å². The highest BCUT2D eigenvalue weighted by Gasteiger charge is 2.26. The van der Waals surface area contributed by atoms with Gasteiger partial charge in [-0.25, -0.2) is 0 Å². The maximum atomic E-state index is 12.9. The largest absolute Gasteiger partial charge is 0.297 e. The van der Waals surface area contributed by atoms with E-state index in [0.717, 1.165) is 27.5 Å². The SMILES string of the molecule is Cc1ccc(S(=O)(=O)O[C@H](CCC2CCCCC2)c2ccccc2I)cc1. The molecule has 0 heterocycles. The molecule has 3 nitrogen and oxygen atoms in total. The molecular formula is C22H27IO3S. The number of benzene rings is 2. The quantitative estimate of drug-likeness (QED) is 0.328. The van der Waals surface area contributed by atoms with Gasteiger partial charge in [0.05, 0.1) is 4.90 Å². The van der Waals surface area contributed by atoms with Crippen LogP contribution in [0, 0.1) is 16.4 Å². The normalized spacial score (nSPS) is 17.0. The summed E-state index contributed by atoms with van der Waals surface area (Å²) in [5, 5.41) is 0. The first kappa shape index (κ1) is 20.8. The minimum absolute atomic E-state index is 0.224. The number of rotatable bonds is 7. The Morgan fingerprint density at radius 1 is 1.04 bits per heavy atom. The lowest BCUT2D eigenvalue weighted by Crippen LogP contribution is -2.16. The van der Waals surface area contributed by atoms with Crippen molar-refractivity contribution < 1.29 is 12.6 Å². The van der Waals surface area contributed by atoms with E-state index in [1.54, 1.807) is 24.3 Å². The van der Waals surface area contributed by atoms with Crippen LogP contribution in [0.2, 0.25) is 0 Å². The van der Waals surface area contributed by atoms with Crippen molar-refractivity contribution >= 4 is 32.7 Å². The average Bonchev–Trinajstić information content (AvgIpc) is 2.67. The Labute approximate surface area is 176 Å². The van der Waals surface area contributed by atoms with Crippen LogP contribution < -0.4 is 0 Å². The van der Waals surface area contributed by atoms with Crippen LogP contribution in [0.5, 0.6) is 0 Å². The maximum absolute atomic E-state index is 12.9. The van der Waals surface area contributed by atoms with Crippen molar-refractivity contribution in [2.45, 2.75) is 62.9 Å². The van der Waals surface area contributed by atoms with Crippen LogP contribution in [0.1, 0.15) is 62.2 Å². The van der Waals surface area contributed by atoms with Crippen LogP contribution >= 0.6 is 22.6 Å². The Balaban J connectivity index is 1.80. The highest BCUT2D eigenvalue weighted by molar-refractivity contribution is 14.1. The number of halogens is 1. The van der Waals surface area contributed by atoms with Crippen molar-refractivity contribution in [3.8, 4) is 0 Å². The molecule has 0 aliphatic heterocycles. The molecule has 0 radical (unpaired) electrons. The summed E-state index contributed by atoms with van der Waals surface area (Å²) in [4.78, 5) is 0.224. The molecule has 2 aromatic rings. The summed E-state index contributed by atoms with van der Waals surface area (Å²) in [6, 6.07) is 14.8. The second kappa shape index (κ2) is 9.52. The lowest BCUT2D eigenvalue weighted by molar-refractivity contribution is 0.182. The predicted octanol–water partition coefficient (Wildman–Crippen LogP) is 6.41. The maximum Gasteiger partial charge on any atom is 0.297 e. The molecule has 2 aromatic carbocycles. The Hall–Kier alpha value is -0.920. The topological polar surface area (TPSA) is 43.4 Å². The second-order valence-electron chi connectivity index (χ2n) is 7.45. The molecule has 0 amide bonds. The van der Waals surface area contributed by atoms with Crippen LogP contribution in [0.3, 0.4) is 0 Å². The van der Waals surface area contributed by atoms with E-state index in [1.165, 1.54) is 32.1 Å². The van der Waals surface area contributed by atoms with E-state index in [2.05, 4.69) is 22.6 Å². The zero-order valence-electron chi connectivity index (χ0n) is 15.7. The van der Waals surface area contributed by atoms with Gasteiger partial charge in [-0.05, 0) is 72.0 Å². The van der Waals surface area contributed by atoms with Gasteiger partial charge in [0.1, 0.15) is 6.10 Å². The molecule has 146 valence electrons. The Bertz CT molecular complexity index is 840. The summed E-state index contributed by atoms with van der Waals surface area (Å²) in [7, 11) is -3.80. The van der Waals surface area contributed by atoms with Gasteiger partial charge >= 0.3 is 0 Å². The van der Waals surface area contributed by atoms with E-state index in [1.807, 2.05) is 31.2 Å². The first-order valence-electron chi connectivity index (χ1n) is 9.70. The van der Waals surface area contributed by atoms with Gasteiger partial charge in [-0.15, -0.1) is 0 Å². The highest BCUT2D eigenvalue weighted by Crippen LogP contribution is 2.35. The van der Waals surface area contributed by atoms with Crippen molar-refractivity contribution in [1.82, 2.24) is 0 Å². The lowest BCUT2D eigenvalue weighted by atomic mass is 9.85. The highest BCUT2D eigenvalue weighted by atomic mass is 127. The first-order valence-corrected chi connectivity index (χ1v) is 12.2. The first-order chi connectivity index (χ1) is 13.0. The van der Waals surface area contributed by atoms with Gasteiger partial charge in [0.2, 0.25) is 0 Å². The van der Waals surface area contributed by atoms with Crippen LogP contribution in [0.15, 0.2) is 53.4 Å². The van der Waals surface area contributed by atoms with Crippen LogP contribution in [0.4, 0.5) is 0 Å². The van der Waals surface area contributed by atoms with Crippen molar-refractivity contribution in [3.63, 3.8) is 0 Å². The average molecular weight is 498 g/mol. The summed E-state index contributed by atoms with van der Waals surface area (Å²) in [5.74, 6) is 0.688. The fourth-order valence-electron chi connectivity index (χ4n) is 3.77. The molecular weight excluding hydrogens is 471 g/mol. The van der Waals surface area contributed by atoms with Crippen LogP contribution in [-0.4, -0.2) is 8.42 Å². The number of aryl methyl sites for hydroxylation is 1. The van der Waals surface area contributed by atoms with E-state index in [0.29, 0.717) is 5.92 Å². The molecule has 0 N–H and O–H groups in total. The zero-order chi connectivity index (χ0) is 19.3. The fourth-order valence-corrected chi connectivity index (χ4v) is 5.59. The summed E-state index contributed by atoms with van der Waals surface area (Å²) >= 11 is 2.27. The summed E-state index contributed by atoms with van der Waals surface area (Å²) in [5.41, 5.74) is 1.99. The molecule has 1 atom stereocenters. The Morgan fingerprint density at radius 3 is 2.37 bits per heavy atom. The molecule has 0 saturated heterocycles. The van der Waals surface area contributed by atoms with Crippen molar-refractivity contribution in [1.29, 1.82) is 0 Å². The van der Waals surface area contributed by atoms with Gasteiger partial charge in [-0.1, -0.05) is 68.0 Å². The minimum Gasteiger partial charge on any atom is -0.258 e. The monoisotopic (exact) mass is 498 g/mol. The van der Waals surface area contributed by atoms with Gasteiger partial charge in [0.25, 0.3) is 10.1 Å². The Morgan fingerprint density at radius 2 is 1.70 bits per heavy atom. The molecule has 1 fully saturated rings. The van der Waals surface area contributed by atoms with Gasteiger partial charge in [0.15, 0.2) is 0 Å². The number of hydrogen-bond acceptors (Lipinski definition) is 3. The smallest absolute Gasteiger partial charge is 0.258 e. The number of hydrogen-bond donors (Lipinski definition) is 0.